The van der Waals surface area contributed by atoms with Crippen LogP contribution in [0.5, 0.6) is 0 Å². The van der Waals surface area contributed by atoms with Crippen LogP contribution in [0.3, 0.4) is 0 Å². The highest BCUT2D eigenvalue weighted by atomic mass is 16.6. The van der Waals surface area contributed by atoms with Gasteiger partial charge >= 0.3 is 17.9 Å². The van der Waals surface area contributed by atoms with Gasteiger partial charge in [0.2, 0.25) is 0 Å². The smallest absolute Gasteiger partial charge is 0.327 e. The van der Waals surface area contributed by atoms with Gasteiger partial charge in [0, 0.05) is 6.42 Å². The van der Waals surface area contributed by atoms with E-state index in [1.165, 1.54) is 0 Å². The van der Waals surface area contributed by atoms with Gasteiger partial charge in [-0.2, -0.15) is 0 Å². The van der Waals surface area contributed by atoms with E-state index >= 15 is 0 Å². The van der Waals surface area contributed by atoms with E-state index in [1.54, 1.807) is 13.8 Å². The third-order valence-electron chi connectivity index (χ3n) is 4.26. The molecule has 0 amide bonds. The lowest BCUT2D eigenvalue weighted by Crippen LogP contribution is -2.44. The summed E-state index contributed by atoms with van der Waals surface area (Å²) in [5.74, 6) is -2.17. The molecular formula is C18H31NO6. The summed E-state index contributed by atoms with van der Waals surface area (Å²) in [6.07, 6.45) is -0.122. The minimum absolute atomic E-state index is 0.121. The van der Waals surface area contributed by atoms with E-state index < -0.39 is 48.2 Å². The van der Waals surface area contributed by atoms with E-state index in [2.05, 4.69) is 0 Å². The fraction of sp³-hybridized carbons (Fsp3) is 0.833. The number of carbonyl (C=O) groups excluding carboxylic acids is 3. The van der Waals surface area contributed by atoms with E-state index in [0.717, 1.165) is 12.8 Å². The Hall–Kier alpha value is -1.63. The summed E-state index contributed by atoms with van der Waals surface area (Å²) in [7, 11) is 0. The number of rotatable bonds is 6. The van der Waals surface area contributed by atoms with Gasteiger partial charge in [-0.05, 0) is 26.2 Å². The van der Waals surface area contributed by atoms with Crippen LogP contribution in [0, 0.1) is 11.8 Å². The molecular weight excluding hydrogens is 326 g/mol. The fourth-order valence-electron chi connectivity index (χ4n) is 2.74. The summed E-state index contributed by atoms with van der Waals surface area (Å²) in [5, 5.41) is 0. The molecule has 0 unspecified atom stereocenters. The van der Waals surface area contributed by atoms with Gasteiger partial charge in [0.15, 0.2) is 6.10 Å². The van der Waals surface area contributed by atoms with Gasteiger partial charge in [-0.3, -0.25) is 14.4 Å². The van der Waals surface area contributed by atoms with Crippen LogP contribution in [-0.2, 0) is 28.6 Å². The molecule has 0 radical (unpaired) electrons. The Morgan fingerprint density at radius 2 is 1.76 bits per heavy atom. The Bertz CT molecular complexity index is 478. The predicted molar refractivity (Wildman–Crippen MR) is 91.4 cm³/mol. The molecule has 1 heterocycles. The minimum atomic E-state index is -1.07. The predicted octanol–water partition coefficient (Wildman–Crippen LogP) is 1.95. The average Bonchev–Trinajstić information content (AvgIpc) is 2.53. The molecule has 144 valence electrons. The Balaban J connectivity index is 3.09. The summed E-state index contributed by atoms with van der Waals surface area (Å²) >= 11 is 0. The first-order valence-corrected chi connectivity index (χ1v) is 9.03. The number of nitrogens with two attached hydrogens (primary N) is 1. The average molecular weight is 357 g/mol. The van der Waals surface area contributed by atoms with Crippen LogP contribution in [0.15, 0.2) is 0 Å². The van der Waals surface area contributed by atoms with E-state index in [0.29, 0.717) is 6.42 Å². The van der Waals surface area contributed by atoms with Crippen LogP contribution in [0.2, 0.25) is 0 Å². The van der Waals surface area contributed by atoms with Crippen molar-refractivity contribution >= 4 is 17.9 Å². The van der Waals surface area contributed by atoms with E-state index in [4.69, 9.17) is 19.9 Å². The van der Waals surface area contributed by atoms with E-state index in [1.807, 2.05) is 20.8 Å². The second-order valence-electron chi connectivity index (χ2n) is 7.11. The van der Waals surface area contributed by atoms with Crippen LogP contribution >= 0.6 is 0 Å². The first kappa shape index (κ1) is 21.4. The zero-order valence-electron chi connectivity index (χ0n) is 15.8. The molecule has 7 nitrogen and oxygen atoms in total. The zero-order chi connectivity index (χ0) is 19.1. The molecule has 0 aliphatic carbocycles. The maximum absolute atomic E-state index is 12.6. The lowest BCUT2D eigenvalue weighted by atomic mass is 9.92. The highest BCUT2D eigenvalue weighted by Crippen LogP contribution is 2.26. The zero-order valence-corrected chi connectivity index (χ0v) is 15.8. The number of carbonyl (C=O) groups is 3. The fourth-order valence-corrected chi connectivity index (χ4v) is 2.74. The summed E-state index contributed by atoms with van der Waals surface area (Å²) in [5.41, 5.74) is 5.78. The molecule has 5 atom stereocenters. The summed E-state index contributed by atoms with van der Waals surface area (Å²) in [6.45, 7) is 8.97. The van der Waals surface area contributed by atoms with Crippen molar-refractivity contribution in [2.24, 2.45) is 17.6 Å². The number of unbranched alkanes of at least 4 members (excludes halogenated alkanes) is 1. The number of cyclic esters (lactones) is 2. The molecule has 0 aromatic heterocycles. The first-order valence-electron chi connectivity index (χ1n) is 9.03. The van der Waals surface area contributed by atoms with Gasteiger partial charge in [-0.25, -0.2) is 0 Å². The number of hydrogen-bond donors (Lipinski definition) is 1. The van der Waals surface area contributed by atoms with Gasteiger partial charge in [0.1, 0.15) is 18.2 Å². The van der Waals surface area contributed by atoms with Crippen LogP contribution < -0.4 is 5.73 Å². The quantitative estimate of drug-likeness (QED) is 0.572. The van der Waals surface area contributed by atoms with Gasteiger partial charge in [0.25, 0.3) is 0 Å². The second kappa shape index (κ2) is 9.75. The lowest BCUT2D eigenvalue weighted by Gasteiger charge is -2.29. The Morgan fingerprint density at radius 3 is 2.32 bits per heavy atom. The molecule has 0 saturated carbocycles. The normalized spacial score (nSPS) is 30.8. The van der Waals surface area contributed by atoms with Gasteiger partial charge in [-0.15, -0.1) is 0 Å². The SMILES string of the molecule is CCCC[C@H]1C(=O)O[C@H](C)[C@H](N)C(=O)O[C@@H](C)[C@@H]1OC(=O)CC(C)C. The van der Waals surface area contributed by atoms with Crippen molar-refractivity contribution in [1.82, 2.24) is 0 Å². The van der Waals surface area contributed by atoms with Crippen molar-refractivity contribution in [1.29, 1.82) is 0 Å². The monoisotopic (exact) mass is 357 g/mol. The molecule has 0 bridgehead atoms. The summed E-state index contributed by atoms with van der Waals surface area (Å²) < 4.78 is 16.3. The van der Waals surface area contributed by atoms with Crippen LogP contribution in [0.1, 0.15) is 60.3 Å². The molecule has 7 heteroatoms. The summed E-state index contributed by atoms with van der Waals surface area (Å²) in [6, 6.07) is -1.07. The van der Waals surface area contributed by atoms with Crippen molar-refractivity contribution in [3.05, 3.63) is 0 Å². The lowest BCUT2D eigenvalue weighted by molar-refractivity contribution is -0.175. The molecule has 0 aromatic rings. The Morgan fingerprint density at radius 1 is 1.16 bits per heavy atom. The largest absolute Gasteiger partial charge is 0.460 e. The maximum atomic E-state index is 12.6. The molecule has 1 fully saturated rings. The molecule has 1 saturated heterocycles. The van der Waals surface area contributed by atoms with Gasteiger partial charge < -0.3 is 19.9 Å². The van der Waals surface area contributed by atoms with Crippen molar-refractivity contribution < 1.29 is 28.6 Å². The topological polar surface area (TPSA) is 105 Å². The van der Waals surface area contributed by atoms with Crippen molar-refractivity contribution in [2.45, 2.75) is 84.7 Å². The molecule has 25 heavy (non-hydrogen) atoms. The van der Waals surface area contributed by atoms with Crippen LogP contribution in [0.4, 0.5) is 0 Å². The van der Waals surface area contributed by atoms with E-state index in [-0.39, 0.29) is 12.3 Å². The Labute approximate surface area is 149 Å². The Kier molecular flexibility index (Phi) is 8.35. The van der Waals surface area contributed by atoms with Crippen LogP contribution in [-0.4, -0.2) is 42.3 Å². The number of ether oxygens (including phenoxy) is 3. The van der Waals surface area contributed by atoms with Gasteiger partial charge in [-0.1, -0.05) is 33.6 Å². The number of esters is 3. The van der Waals surface area contributed by atoms with Gasteiger partial charge in [0.05, 0.1) is 5.92 Å². The molecule has 0 spiro atoms. The number of hydrogen-bond acceptors (Lipinski definition) is 7. The maximum Gasteiger partial charge on any atom is 0.327 e. The van der Waals surface area contributed by atoms with Crippen molar-refractivity contribution in [2.75, 3.05) is 0 Å². The van der Waals surface area contributed by atoms with Crippen molar-refractivity contribution in [3.63, 3.8) is 0 Å². The van der Waals surface area contributed by atoms with Crippen LogP contribution in [0.25, 0.3) is 0 Å². The molecule has 1 aliphatic heterocycles. The molecule has 1 aliphatic rings. The minimum Gasteiger partial charge on any atom is -0.460 e. The highest BCUT2D eigenvalue weighted by molar-refractivity contribution is 5.79. The molecule has 0 aromatic carbocycles. The third-order valence-corrected chi connectivity index (χ3v) is 4.26. The van der Waals surface area contributed by atoms with E-state index in [9.17, 15) is 14.4 Å². The standard InChI is InChI=1S/C18H31NO6/c1-6-7-8-13-16(25-14(20)9-10(2)3)12(5)24-18(22)15(19)11(4)23-17(13)21/h10-13,15-16H,6-9,19H2,1-5H3/t11-,12+,13-,15+,16+/m1/s1. The summed E-state index contributed by atoms with van der Waals surface area (Å²) in [4.78, 5) is 36.9. The van der Waals surface area contributed by atoms with Crippen molar-refractivity contribution in [3.8, 4) is 0 Å². The highest BCUT2D eigenvalue weighted by Gasteiger charge is 2.42. The molecule has 2 N–H and O–H groups in total. The third kappa shape index (κ3) is 6.30. The molecule has 1 rings (SSSR count). The second-order valence-corrected chi connectivity index (χ2v) is 7.11. The first-order chi connectivity index (χ1) is 11.7.